The number of nitrogens with two attached hydrogens (primary N) is 1. The Labute approximate surface area is 136 Å². The average Bonchev–Trinajstić information content (AvgIpc) is 2.90. The van der Waals surface area contributed by atoms with Crippen LogP contribution in [-0.2, 0) is 0 Å². The van der Waals surface area contributed by atoms with Gasteiger partial charge in [-0.3, -0.25) is 9.20 Å². The van der Waals surface area contributed by atoms with E-state index in [-0.39, 0.29) is 24.3 Å². The zero-order chi connectivity index (χ0) is 16.8. The van der Waals surface area contributed by atoms with Crippen LogP contribution in [-0.4, -0.2) is 21.8 Å². The van der Waals surface area contributed by atoms with Gasteiger partial charge < -0.3 is 5.73 Å². The molecule has 0 fully saturated rings. The minimum absolute atomic E-state index is 0.258. The number of imidazole rings is 1. The van der Waals surface area contributed by atoms with Crippen molar-refractivity contribution in [1.82, 2.24) is 9.38 Å². The summed E-state index contributed by atoms with van der Waals surface area (Å²) in [5, 5.41) is 7.59. The van der Waals surface area contributed by atoms with Crippen LogP contribution in [0.5, 0.6) is 0 Å². The fraction of sp³-hybridized carbons (Fsp3) is 0.176. The lowest BCUT2D eigenvalue weighted by atomic mass is 9.95. The second-order valence-corrected chi connectivity index (χ2v) is 5.70. The van der Waals surface area contributed by atoms with Gasteiger partial charge in [0.05, 0.1) is 11.4 Å². The highest BCUT2D eigenvalue weighted by Gasteiger charge is 2.24. The molecule has 0 spiro atoms. The number of azo groups is 1. The molecule has 0 aliphatic carbocycles. The molecule has 0 radical (unpaired) electrons. The molecule has 1 aliphatic rings. The number of carbonyl (C=O) groups excluding carboxylic acids is 1. The lowest BCUT2D eigenvalue weighted by molar-refractivity contribution is 0.0985. The monoisotopic (exact) mass is 323 g/mol. The predicted octanol–water partition coefficient (Wildman–Crippen LogP) is 3.05. The molecular formula is C17H14FN5O. The van der Waals surface area contributed by atoms with Gasteiger partial charge in [-0.2, -0.15) is 5.11 Å². The Kier molecular flexibility index (Phi) is 3.24. The van der Waals surface area contributed by atoms with E-state index in [1.807, 2.05) is 19.1 Å². The van der Waals surface area contributed by atoms with Crippen molar-refractivity contribution in [1.29, 1.82) is 0 Å². The second kappa shape index (κ2) is 5.31. The minimum atomic E-state index is -0.373. The maximum atomic E-state index is 13.6. The van der Waals surface area contributed by atoms with E-state index in [1.54, 1.807) is 16.5 Å². The Morgan fingerprint density at radius 3 is 2.92 bits per heavy atom. The molecule has 1 unspecified atom stereocenters. The Balaban J connectivity index is 1.95. The average molecular weight is 323 g/mol. The molecule has 120 valence electrons. The van der Waals surface area contributed by atoms with Gasteiger partial charge in [-0.15, -0.1) is 5.11 Å². The first-order chi connectivity index (χ1) is 11.6. The molecule has 2 N–H and O–H groups in total. The number of hydrogen-bond donors (Lipinski definition) is 1. The van der Waals surface area contributed by atoms with Crippen molar-refractivity contribution in [2.24, 2.45) is 16.0 Å². The molecule has 1 aliphatic heterocycles. The summed E-state index contributed by atoms with van der Waals surface area (Å²) in [6.07, 6.45) is 1.40. The van der Waals surface area contributed by atoms with Gasteiger partial charge in [0.15, 0.2) is 0 Å². The SMILES string of the molecule is Cc1nc2ccc(F)cn2c1-c1ccc2c(c1)C(CN)N=NC2=O. The van der Waals surface area contributed by atoms with Crippen molar-refractivity contribution < 1.29 is 9.18 Å². The number of benzene rings is 1. The number of halogens is 1. The minimum Gasteiger partial charge on any atom is -0.328 e. The molecular weight excluding hydrogens is 309 g/mol. The maximum absolute atomic E-state index is 13.6. The number of aryl methyl sites for hydroxylation is 1. The zero-order valence-corrected chi connectivity index (χ0v) is 12.9. The van der Waals surface area contributed by atoms with Crippen molar-refractivity contribution >= 4 is 11.6 Å². The third kappa shape index (κ3) is 2.13. The van der Waals surface area contributed by atoms with Crippen molar-refractivity contribution in [3.05, 3.63) is 59.2 Å². The van der Waals surface area contributed by atoms with Crippen LogP contribution < -0.4 is 5.73 Å². The predicted molar refractivity (Wildman–Crippen MR) is 86.3 cm³/mol. The number of aromatic nitrogens is 2. The van der Waals surface area contributed by atoms with Crippen molar-refractivity contribution in [2.45, 2.75) is 13.0 Å². The normalized spacial score (nSPS) is 16.6. The van der Waals surface area contributed by atoms with Gasteiger partial charge >= 0.3 is 0 Å². The highest BCUT2D eigenvalue weighted by Crippen LogP contribution is 2.32. The molecule has 0 saturated carbocycles. The summed E-state index contributed by atoms with van der Waals surface area (Å²) in [7, 11) is 0. The third-order valence-electron chi connectivity index (χ3n) is 4.18. The molecule has 6 nitrogen and oxygen atoms in total. The Hall–Kier alpha value is -2.93. The van der Waals surface area contributed by atoms with Gasteiger partial charge in [-0.1, -0.05) is 6.07 Å². The van der Waals surface area contributed by atoms with Gasteiger partial charge in [0.1, 0.15) is 17.5 Å². The van der Waals surface area contributed by atoms with Gasteiger partial charge in [0, 0.05) is 23.9 Å². The van der Waals surface area contributed by atoms with E-state index in [4.69, 9.17) is 5.73 Å². The van der Waals surface area contributed by atoms with Crippen LogP contribution in [0.15, 0.2) is 46.8 Å². The summed E-state index contributed by atoms with van der Waals surface area (Å²) in [6.45, 7) is 2.12. The molecule has 1 amide bonds. The molecule has 0 saturated heterocycles. The van der Waals surface area contributed by atoms with Crippen LogP contribution in [0.1, 0.15) is 27.7 Å². The topological polar surface area (TPSA) is 85.1 Å². The van der Waals surface area contributed by atoms with Gasteiger partial charge in [0.2, 0.25) is 0 Å². The first-order valence-electron chi connectivity index (χ1n) is 7.52. The van der Waals surface area contributed by atoms with E-state index in [9.17, 15) is 9.18 Å². The van der Waals surface area contributed by atoms with Gasteiger partial charge in [-0.25, -0.2) is 9.37 Å². The van der Waals surface area contributed by atoms with Crippen LogP contribution in [0.4, 0.5) is 4.39 Å². The molecule has 1 aromatic carbocycles. The Bertz CT molecular complexity index is 1010. The molecule has 4 rings (SSSR count). The molecule has 1 atom stereocenters. The first-order valence-corrected chi connectivity index (χ1v) is 7.52. The number of carbonyl (C=O) groups is 1. The van der Waals surface area contributed by atoms with E-state index < -0.39 is 0 Å². The standard InChI is InChI=1S/C17H14FN5O/c1-9-16(23-8-11(18)3-5-15(23)20-9)10-2-4-12-13(6-10)14(7-19)21-22-17(12)24/h2-6,8,14H,7,19H2,1H3. The zero-order valence-electron chi connectivity index (χ0n) is 12.9. The van der Waals surface area contributed by atoms with E-state index in [2.05, 4.69) is 15.2 Å². The number of rotatable bonds is 2. The molecule has 7 heteroatoms. The van der Waals surface area contributed by atoms with Crippen LogP contribution >= 0.6 is 0 Å². The quantitative estimate of drug-likeness (QED) is 0.786. The fourth-order valence-electron chi connectivity index (χ4n) is 3.08. The van der Waals surface area contributed by atoms with Crippen LogP contribution in [0.3, 0.4) is 0 Å². The lowest BCUT2D eigenvalue weighted by Crippen LogP contribution is -2.17. The highest BCUT2D eigenvalue weighted by molar-refractivity contribution is 5.97. The first kappa shape index (κ1) is 14.6. The van der Waals surface area contributed by atoms with Gasteiger partial charge in [-0.05, 0) is 36.8 Å². The number of amides is 1. The number of fused-ring (bicyclic) bond motifs is 2. The van der Waals surface area contributed by atoms with Gasteiger partial charge in [0.25, 0.3) is 5.91 Å². The summed E-state index contributed by atoms with van der Waals surface area (Å²) < 4.78 is 15.3. The summed E-state index contributed by atoms with van der Waals surface area (Å²) >= 11 is 0. The van der Waals surface area contributed by atoms with Crippen LogP contribution in [0, 0.1) is 12.7 Å². The summed E-state index contributed by atoms with van der Waals surface area (Å²) in [5.74, 6) is -0.718. The van der Waals surface area contributed by atoms with Crippen LogP contribution in [0.25, 0.3) is 16.9 Å². The molecule has 3 aromatic rings. The fourth-order valence-corrected chi connectivity index (χ4v) is 3.08. The Morgan fingerprint density at radius 1 is 1.29 bits per heavy atom. The van der Waals surface area contributed by atoms with Crippen LogP contribution in [0.2, 0.25) is 0 Å². The number of hydrogen-bond acceptors (Lipinski definition) is 4. The Morgan fingerprint density at radius 2 is 2.12 bits per heavy atom. The lowest BCUT2D eigenvalue weighted by Gasteiger charge is -2.17. The molecule has 0 bridgehead atoms. The summed E-state index contributed by atoms with van der Waals surface area (Å²) in [6, 6.07) is 8.05. The number of nitrogens with zero attached hydrogens (tertiary/aromatic N) is 4. The molecule has 24 heavy (non-hydrogen) atoms. The second-order valence-electron chi connectivity index (χ2n) is 5.70. The van der Waals surface area contributed by atoms with E-state index in [1.165, 1.54) is 12.3 Å². The van der Waals surface area contributed by atoms with E-state index in [0.29, 0.717) is 11.2 Å². The van der Waals surface area contributed by atoms with Crippen molar-refractivity contribution in [2.75, 3.05) is 6.54 Å². The molecule has 3 heterocycles. The number of pyridine rings is 1. The van der Waals surface area contributed by atoms with Crippen molar-refractivity contribution in [3.63, 3.8) is 0 Å². The largest absolute Gasteiger partial charge is 0.328 e. The summed E-state index contributed by atoms with van der Waals surface area (Å²) in [5.41, 5.74) is 10.0. The molecule has 2 aromatic heterocycles. The highest BCUT2D eigenvalue weighted by atomic mass is 19.1. The third-order valence-corrected chi connectivity index (χ3v) is 4.18. The maximum Gasteiger partial charge on any atom is 0.295 e. The van der Waals surface area contributed by atoms with E-state index in [0.717, 1.165) is 22.5 Å². The summed E-state index contributed by atoms with van der Waals surface area (Å²) in [4.78, 5) is 16.4. The van der Waals surface area contributed by atoms with E-state index >= 15 is 0 Å². The smallest absolute Gasteiger partial charge is 0.295 e. The van der Waals surface area contributed by atoms with Crippen molar-refractivity contribution in [3.8, 4) is 11.3 Å².